The molecule has 0 saturated carbocycles. The Hall–Kier alpha value is -1.78. The van der Waals surface area contributed by atoms with Gasteiger partial charge in [-0.1, -0.05) is 36.2 Å². The first-order chi connectivity index (χ1) is 10.5. The highest BCUT2D eigenvalue weighted by Gasteiger charge is 2.20. The summed E-state index contributed by atoms with van der Waals surface area (Å²) >= 11 is 12.0. The van der Waals surface area contributed by atoms with Crippen LogP contribution >= 0.6 is 23.2 Å². The lowest BCUT2D eigenvalue weighted by atomic mass is 10.2. The summed E-state index contributed by atoms with van der Waals surface area (Å²) in [7, 11) is 0. The molecule has 6 heteroatoms. The van der Waals surface area contributed by atoms with E-state index in [-0.39, 0.29) is 11.7 Å². The highest BCUT2D eigenvalue weighted by molar-refractivity contribution is 6.39. The highest BCUT2D eigenvalue weighted by atomic mass is 35.5. The lowest BCUT2D eigenvalue weighted by molar-refractivity contribution is -0.122. The van der Waals surface area contributed by atoms with Gasteiger partial charge in [0.25, 0.3) is 5.91 Å². The van der Waals surface area contributed by atoms with Gasteiger partial charge >= 0.3 is 0 Å². The summed E-state index contributed by atoms with van der Waals surface area (Å²) in [6.45, 7) is 1.81. The molecule has 116 valence electrons. The van der Waals surface area contributed by atoms with Crippen molar-refractivity contribution in [1.29, 1.82) is 0 Å². The van der Waals surface area contributed by atoms with Gasteiger partial charge in [-0.25, -0.2) is 4.39 Å². The third-order valence-corrected chi connectivity index (χ3v) is 3.60. The number of carbonyl (C=O) groups excluding carboxylic acids is 1. The second-order valence-electron chi connectivity index (χ2n) is 4.55. The van der Waals surface area contributed by atoms with Crippen LogP contribution in [0.25, 0.3) is 0 Å². The number of hydrogen-bond donors (Lipinski definition) is 1. The largest absolute Gasteiger partial charge is 0.481 e. The van der Waals surface area contributed by atoms with Crippen LogP contribution in [0.1, 0.15) is 13.3 Å². The fourth-order valence-electron chi connectivity index (χ4n) is 1.82. The minimum atomic E-state index is -0.738. The quantitative estimate of drug-likeness (QED) is 0.837. The molecule has 2 aromatic carbocycles. The summed E-state index contributed by atoms with van der Waals surface area (Å²) < 4.78 is 18.4. The minimum absolute atomic E-state index is 0.344. The zero-order valence-corrected chi connectivity index (χ0v) is 13.3. The molecule has 22 heavy (non-hydrogen) atoms. The second-order valence-corrected chi connectivity index (χ2v) is 5.37. The zero-order chi connectivity index (χ0) is 16.1. The fraction of sp³-hybridized carbons (Fsp3) is 0.188. The first kappa shape index (κ1) is 16.6. The van der Waals surface area contributed by atoms with Crippen molar-refractivity contribution in [3.05, 3.63) is 58.3 Å². The van der Waals surface area contributed by atoms with E-state index in [1.807, 2.05) is 6.92 Å². The number of ether oxygens (including phenoxy) is 1. The zero-order valence-electron chi connectivity index (χ0n) is 11.8. The molecule has 0 aromatic heterocycles. The van der Waals surface area contributed by atoms with Gasteiger partial charge in [0.05, 0.1) is 15.7 Å². The third kappa shape index (κ3) is 4.12. The summed E-state index contributed by atoms with van der Waals surface area (Å²) in [5.74, 6) is -0.330. The third-order valence-electron chi connectivity index (χ3n) is 2.97. The smallest absolute Gasteiger partial charge is 0.265 e. The standard InChI is InChI=1S/C16H14Cl2FNO2/c1-2-14(22-11-8-6-10(19)7-9-11)16(21)20-15-12(17)4-3-5-13(15)18/h3-9,14H,2H2,1H3,(H,20,21)/t14-/m0/s1. The van der Waals surface area contributed by atoms with Crippen molar-refractivity contribution < 1.29 is 13.9 Å². The predicted molar refractivity (Wildman–Crippen MR) is 86.2 cm³/mol. The maximum atomic E-state index is 12.9. The van der Waals surface area contributed by atoms with Gasteiger partial charge in [0.2, 0.25) is 0 Å². The molecule has 2 rings (SSSR count). The molecule has 2 aromatic rings. The molecular formula is C16H14Cl2FNO2. The number of amides is 1. The predicted octanol–water partition coefficient (Wildman–Crippen LogP) is 4.93. The van der Waals surface area contributed by atoms with Crippen LogP contribution in [0.4, 0.5) is 10.1 Å². The van der Waals surface area contributed by atoms with Gasteiger partial charge in [0, 0.05) is 0 Å². The molecule has 0 spiro atoms. The molecule has 0 saturated heterocycles. The molecule has 0 fully saturated rings. The summed E-state index contributed by atoms with van der Waals surface area (Å²) in [6, 6.07) is 10.4. The molecule has 0 aliphatic heterocycles. The Bertz CT molecular complexity index is 641. The Balaban J connectivity index is 2.10. The van der Waals surface area contributed by atoms with Gasteiger partial charge in [-0.05, 0) is 42.8 Å². The molecule has 1 N–H and O–H groups in total. The lowest BCUT2D eigenvalue weighted by Gasteiger charge is -2.18. The molecule has 0 aliphatic rings. The van der Waals surface area contributed by atoms with Crippen LogP contribution in [0, 0.1) is 5.82 Å². The van der Waals surface area contributed by atoms with Gasteiger partial charge in [-0.2, -0.15) is 0 Å². The van der Waals surface area contributed by atoms with E-state index in [1.165, 1.54) is 24.3 Å². The van der Waals surface area contributed by atoms with Gasteiger partial charge in [0.15, 0.2) is 6.10 Å². The van der Waals surface area contributed by atoms with Crippen molar-refractivity contribution >= 4 is 34.8 Å². The molecule has 0 unspecified atom stereocenters. The van der Waals surface area contributed by atoms with E-state index in [0.717, 1.165) is 0 Å². The highest BCUT2D eigenvalue weighted by Crippen LogP contribution is 2.30. The van der Waals surface area contributed by atoms with Crippen molar-refractivity contribution in [2.75, 3.05) is 5.32 Å². The Morgan fingerprint density at radius 3 is 2.32 bits per heavy atom. The Labute approximate surface area is 138 Å². The maximum Gasteiger partial charge on any atom is 0.265 e. The number of benzene rings is 2. The van der Waals surface area contributed by atoms with Crippen molar-refractivity contribution in [2.45, 2.75) is 19.4 Å². The van der Waals surface area contributed by atoms with Crippen LogP contribution in [-0.4, -0.2) is 12.0 Å². The molecule has 0 bridgehead atoms. The SMILES string of the molecule is CC[C@H](Oc1ccc(F)cc1)C(=O)Nc1c(Cl)cccc1Cl. The summed E-state index contributed by atoms with van der Waals surface area (Å²) in [5, 5.41) is 3.35. The number of carbonyl (C=O) groups is 1. The van der Waals surface area contributed by atoms with Gasteiger partial charge < -0.3 is 10.1 Å². The molecular weight excluding hydrogens is 328 g/mol. The van der Waals surface area contributed by atoms with Crippen LogP contribution in [0.5, 0.6) is 5.75 Å². The summed E-state index contributed by atoms with van der Waals surface area (Å²) in [6.07, 6.45) is -0.302. The second kappa shape index (κ2) is 7.47. The van der Waals surface area contributed by atoms with Crippen molar-refractivity contribution in [3.8, 4) is 5.75 Å². The Morgan fingerprint density at radius 2 is 1.77 bits per heavy atom. The number of halogens is 3. The van der Waals surface area contributed by atoms with Crippen molar-refractivity contribution in [2.24, 2.45) is 0 Å². The van der Waals surface area contributed by atoms with E-state index < -0.39 is 6.10 Å². The van der Waals surface area contributed by atoms with Gasteiger partial charge in [0.1, 0.15) is 11.6 Å². The number of nitrogens with one attached hydrogen (secondary N) is 1. The fourth-order valence-corrected chi connectivity index (χ4v) is 2.31. The lowest BCUT2D eigenvalue weighted by Crippen LogP contribution is -2.32. The van der Waals surface area contributed by atoms with Crippen LogP contribution in [0.15, 0.2) is 42.5 Å². The average molecular weight is 342 g/mol. The van der Waals surface area contributed by atoms with E-state index in [2.05, 4.69) is 5.32 Å². The maximum absolute atomic E-state index is 12.9. The topological polar surface area (TPSA) is 38.3 Å². The monoisotopic (exact) mass is 341 g/mol. The molecule has 0 heterocycles. The molecule has 3 nitrogen and oxygen atoms in total. The molecule has 0 aliphatic carbocycles. The van der Waals surface area contributed by atoms with Crippen LogP contribution in [0.3, 0.4) is 0 Å². The van der Waals surface area contributed by atoms with E-state index >= 15 is 0 Å². The molecule has 1 atom stereocenters. The summed E-state index contributed by atoms with van der Waals surface area (Å²) in [4.78, 5) is 12.3. The number of para-hydroxylation sites is 1. The normalized spacial score (nSPS) is 11.8. The van der Waals surface area contributed by atoms with Gasteiger partial charge in [-0.15, -0.1) is 0 Å². The summed E-state index contributed by atoms with van der Waals surface area (Å²) in [5.41, 5.74) is 0.344. The average Bonchev–Trinajstić information content (AvgIpc) is 2.50. The Kier molecular flexibility index (Phi) is 5.63. The minimum Gasteiger partial charge on any atom is -0.481 e. The first-order valence-corrected chi connectivity index (χ1v) is 7.44. The Morgan fingerprint density at radius 1 is 1.18 bits per heavy atom. The van der Waals surface area contributed by atoms with E-state index in [1.54, 1.807) is 18.2 Å². The van der Waals surface area contributed by atoms with Crippen LogP contribution in [0.2, 0.25) is 10.0 Å². The van der Waals surface area contributed by atoms with Crippen LogP contribution in [-0.2, 0) is 4.79 Å². The van der Waals surface area contributed by atoms with Crippen LogP contribution < -0.4 is 10.1 Å². The number of hydrogen-bond acceptors (Lipinski definition) is 2. The number of rotatable bonds is 5. The van der Waals surface area contributed by atoms with E-state index in [9.17, 15) is 9.18 Å². The van der Waals surface area contributed by atoms with Crippen molar-refractivity contribution in [3.63, 3.8) is 0 Å². The molecule has 1 amide bonds. The van der Waals surface area contributed by atoms with Crippen molar-refractivity contribution in [1.82, 2.24) is 0 Å². The first-order valence-electron chi connectivity index (χ1n) is 6.68. The van der Waals surface area contributed by atoms with Gasteiger partial charge in [-0.3, -0.25) is 4.79 Å². The number of anilines is 1. The molecule has 0 radical (unpaired) electrons. The van der Waals surface area contributed by atoms with E-state index in [0.29, 0.717) is 27.9 Å². The van der Waals surface area contributed by atoms with E-state index in [4.69, 9.17) is 27.9 Å².